The van der Waals surface area contributed by atoms with E-state index in [2.05, 4.69) is 317 Å². The molecule has 0 unspecified atom stereocenters. The van der Waals surface area contributed by atoms with Crippen LogP contribution in [-0.4, -0.2) is 15.8 Å². The van der Waals surface area contributed by atoms with Crippen LogP contribution in [0, 0.1) is 54.1 Å². The average molecular weight is 1820 g/mol. The topological polar surface area (TPSA) is 16.3 Å². The molecule has 0 atom stereocenters. The molecule has 2 aliphatic heterocycles. The van der Waals surface area contributed by atoms with Crippen LogP contribution >= 0.6 is 0 Å². The molecule has 137 heavy (non-hydrogen) atoms. The molecule has 2 aromatic heterocycles. The van der Waals surface area contributed by atoms with E-state index in [1.807, 2.05) is 173 Å². The first-order valence-electron chi connectivity index (χ1n) is 56.3. The van der Waals surface area contributed by atoms with Gasteiger partial charge in [0, 0.05) is 83.2 Å². The molecule has 13 aromatic carbocycles. The molecule has 4 heterocycles. The van der Waals surface area contributed by atoms with E-state index in [-0.39, 0.29) is 21.7 Å². The fourth-order valence-electron chi connectivity index (χ4n) is 21.2. The third-order valence-corrected chi connectivity index (χ3v) is 25.7. The van der Waals surface area contributed by atoms with Crippen LogP contribution in [-0.2, 0) is 69.3 Å². The summed E-state index contributed by atoms with van der Waals surface area (Å²) in [5.74, 6) is 0. The van der Waals surface area contributed by atoms with Crippen molar-refractivity contribution in [3.8, 4) is 55.9 Å². The lowest BCUT2D eigenvalue weighted by molar-refractivity contribution is 0.410. The molecule has 710 valence electrons. The van der Waals surface area contributed by atoms with Gasteiger partial charge >= 0.3 is 0 Å². The lowest BCUT2D eigenvalue weighted by Gasteiger charge is -2.46. The van der Waals surface area contributed by atoms with E-state index in [4.69, 9.17) is 0 Å². The Bertz CT molecular complexity index is 7200. The highest BCUT2D eigenvalue weighted by Gasteiger charge is 2.47. The second-order valence-corrected chi connectivity index (χ2v) is 52.2. The molecule has 0 N–H and O–H groups in total. The summed E-state index contributed by atoms with van der Waals surface area (Å²) in [6, 6.07) is 87.2. The van der Waals surface area contributed by atoms with E-state index in [0.29, 0.717) is 33.4 Å². The molecule has 0 amide bonds. The minimum Gasteiger partial charge on any atom is -0.311 e. The Morgan fingerprint density at radius 2 is 0.496 bits per heavy atom. The first kappa shape index (κ1) is 83.1. The summed E-state index contributed by atoms with van der Waals surface area (Å²) in [6.07, 6.45) is -8.12. The van der Waals surface area contributed by atoms with Crippen molar-refractivity contribution in [1.82, 2.24) is 9.13 Å². The van der Waals surface area contributed by atoms with Crippen LogP contribution in [0.25, 0.3) is 99.5 Å². The molecule has 0 saturated heterocycles. The molecule has 0 bridgehead atoms. The number of nitrogens with zero attached hydrogens (tertiary/aromatic N) is 4. The quantitative estimate of drug-likeness (QED) is 0.0796. The predicted octanol–water partition coefficient (Wildman–Crippen LogP) is 35.8. The van der Waals surface area contributed by atoms with Crippen LogP contribution in [0.3, 0.4) is 0 Å². The van der Waals surface area contributed by atoms with E-state index >= 15 is 0 Å². The van der Waals surface area contributed by atoms with Crippen LogP contribution in [0.1, 0.15) is 306 Å². The van der Waals surface area contributed by atoms with E-state index in [9.17, 15) is 16.4 Å². The van der Waals surface area contributed by atoms with Crippen LogP contribution in [0.4, 0.5) is 34.1 Å². The van der Waals surface area contributed by atoms with Gasteiger partial charge in [0.2, 0.25) is 0 Å². The Kier molecular flexibility index (Phi) is 21.3. The molecule has 0 saturated carbocycles. The Balaban J connectivity index is 1.11. The number of fused-ring (bicyclic) bond motifs is 10. The fourth-order valence-corrected chi connectivity index (χ4v) is 21.2. The standard InChI is InChI=1S/C132H159BN4/c1-122(2,3)74-84-38-34-42-92(58-84)101-72-115(103(66-96(101)82-130(25,26)27)94-44-36-40-86(60-94)76-124(7,8)9)136-117-70-99(134-111-54-46-88(78-126(13,14)15)62-105(111)106-63-89(47-55-112(106)134)79-127(16,17)18)50-52-109(117)133-110-53-51-100(135-113-56-48-90(80-128(19,20)21)64-107(113)108-65-91(49-57-114(108)135)81-129(22,23)24)71-118(110)137(120-69-98(132(31,32)33)68-119(136)121(120)133)116-73-102(93-43-35-39-85(59-93)75-123(4,5)6)97(83-131(28,29)30)67-104(116)95-45-37-41-87(61-95)77-125(10,11)12/h34-73H,74-83H2,1-33H3/i78D2,79D2,80D2,81D2,82D2,83D2. The first-order valence-corrected chi connectivity index (χ1v) is 50.3. The molecule has 17 rings (SSSR count). The SMILES string of the molecule is [2H]C([2H])(c1ccc2c(c1)c1cc(C([2H])([2H])C(C)(C)C)ccc1n2-c1ccc2c(c1)N(c1cc(-c3cccc(CC(C)(C)C)c3)c(C([2H])([2H])C(C)(C)C)cc1-c1cccc(CC(C)(C)C)c1)c1cc(C(C)(C)C)cc3c1B2c1ccc(-n2c4ccc(C([2H])([2H])C(C)(C)C)cc4c4cc(C([2H])([2H])C(C)(C)C)ccc42)cc1N3c1cc(-c2cccc(CC(C)(C)C)c2)c(C([2H])([2H])C(C)(C)C)cc1-c1cccc(CC(C)(C)C)c1)C(C)(C)C. The minimum absolute atomic E-state index is 0.108. The summed E-state index contributed by atoms with van der Waals surface area (Å²) in [4.78, 5) is 5.06. The summed E-state index contributed by atoms with van der Waals surface area (Å²) < 4.78 is 128. The van der Waals surface area contributed by atoms with Crippen LogP contribution in [0.15, 0.2) is 243 Å². The van der Waals surface area contributed by atoms with Crippen LogP contribution in [0.2, 0.25) is 0 Å². The third-order valence-electron chi connectivity index (χ3n) is 25.7. The highest BCUT2D eigenvalue weighted by Crippen LogP contribution is 2.55. The predicted molar refractivity (Wildman–Crippen MR) is 601 cm³/mol. The number of hydrogen-bond donors (Lipinski definition) is 0. The molecule has 4 nitrogen and oxygen atoms in total. The monoisotopic (exact) mass is 1820 g/mol. The van der Waals surface area contributed by atoms with E-state index in [1.165, 1.54) is 0 Å². The lowest BCUT2D eigenvalue weighted by atomic mass is 9.33. The number of benzene rings is 13. The maximum absolute atomic E-state index is 10.9. The van der Waals surface area contributed by atoms with Gasteiger partial charge < -0.3 is 18.9 Å². The van der Waals surface area contributed by atoms with Crippen molar-refractivity contribution >= 4 is 101 Å². The zero-order chi connectivity index (χ0) is 109. The Hall–Kier alpha value is -10.9. The molecule has 15 aromatic rings. The molecular formula is C132H159BN4. The lowest BCUT2D eigenvalue weighted by Crippen LogP contribution is -2.61. The molecule has 0 aliphatic carbocycles. The summed E-state index contributed by atoms with van der Waals surface area (Å²) in [5.41, 5.74) is 21.8. The maximum Gasteiger partial charge on any atom is 0.252 e. The molecule has 0 fully saturated rings. The smallest absolute Gasteiger partial charge is 0.252 e. The normalized spacial score (nSPS) is 15.8. The van der Waals surface area contributed by atoms with Crippen LogP contribution in [0.5, 0.6) is 0 Å². The number of anilines is 6. The van der Waals surface area contributed by atoms with Gasteiger partial charge in [0.1, 0.15) is 0 Å². The minimum atomic E-state index is -1.96. The Morgan fingerprint density at radius 1 is 0.226 bits per heavy atom. The second-order valence-electron chi connectivity index (χ2n) is 52.2. The average Bonchev–Trinajstić information content (AvgIpc) is 1.29. The molecule has 0 radical (unpaired) electrons. The van der Waals surface area contributed by atoms with Gasteiger partial charge in [-0.15, -0.1) is 0 Å². The zero-order valence-corrected chi connectivity index (χ0v) is 88.8. The summed E-state index contributed by atoms with van der Waals surface area (Å²) in [6.45, 7) is 68.9. The van der Waals surface area contributed by atoms with Crippen LogP contribution < -0.4 is 26.2 Å². The van der Waals surface area contributed by atoms with Gasteiger partial charge in [0.15, 0.2) is 0 Å². The number of rotatable bonds is 18. The van der Waals surface area contributed by atoms with Gasteiger partial charge in [-0.1, -0.05) is 362 Å². The number of hydrogen-bond acceptors (Lipinski definition) is 2. The van der Waals surface area contributed by atoms with E-state index < -0.39 is 82.9 Å². The van der Waals surface area contributed by atoms with Gasteiger partial charge in [0.05, 0.1) is 33.4 Å². The summed E-state index contributed by atoms with van der Waals surface area (Å²) in [7, 11) is 0. The Labute approximate surface area is 842 Å². The highest BCUT2D eigenvalue weighted by atomic mass is 15.2. The van der Waals surface area contributed by atoms with Crippen molar-refractivity contribution in [2.75, 3.05) is 9.80 Å². The van der Waals surface area contributed by atoms with Gasteiger partial charge in [0.25, 0.3) is 6.71 Å². The molecular weight excluding hydrogens is 1650 g/mol. The van der Waals surface area contributed by atoms with Gasteiger partial charge in [-0.05, 0) is 344 Å². The van der Waals surface area contributed by atoms with Crippen molar-refractivity contribution in [3.05, 3.63) is 304 Å². The van der Waals surface area contributed by atoms with Crippen molar-refractivity contribution < 1.29 is 16.4 Å². The second kappa shape index (κ2) is 35.2. The van der Waals surface area contributed by atoms with Gasteiger partial charge in [-0.3, -0.25) is 0 Å². The van der Waals surface area contributed by atoms with Crippen molar-refractivity contribution in [2.45, 2.75) is 298 Å². The van der Waals surface area contributed by atoms with Crippen molar-refractivity contribution in [1.29, 1.82) is 0 Å². The third kappa shape index (κ3) is 21.8. The van der Waals surface area contributed by atoms with E-state index in [1.54, 1.807) is 0 Å². The van der Waals surface area contributed by atoms with Gasteiger partial charge in [-0.2, -0.15) is 0 Å². The Morgan fingerprint density at radius 3 is 0.752 bits per heavy atom. The van der Waals surface area contributed by atoms with Crippen molar-refractivity contribution in [2.24, 2.45) is 54.1 Å². The van der Waals surface area contributed by atoms with Gasteiger partial charge in [-0.25, -0.2) is 0 Å². The largest absolute Gasteiger partial charge is 0.311 e. The zero-order valence-electron chi connectivity index (χ0n) is 101. The summed E-state index contributed by atoms with van der Waals surface area (Å²) in [5, 5.41) is 3.10. The highest BCUT2D eigenvalue weighted by molar-refractivity contribution is 7.00. The first-order chi connectivity index (χ1) is 68.3. The molecule has 5 heteroatoms. The molecule has 0 spiro atoms. The van der Waals surface area contributed by atoms with Crippen molar-refractivity contribution in [3.63, 3.8) is 0 Å². The molecule has 2 aliphatic rings. The summed E-state index contributed by atoms with van der Waals surface area (Å²) >= 11 is 0. The number of aromatic nitrogens is 2. The maximum atomic E-state index is 10.9. The fraction of sp³-hybridized carbons (Fsp3) is 0.409. The van der Waals surface area contributed by atoms with E-state index in [0.717, 1.165) is 204 Å².